The molecule has 0 atom stereocenters. The van der Waals surface area contributed by atoms with Gasteiger partial charge in [0.05, 0.1) is 0 Å². The topological polar surface area (TPSA) is 0 Å². The molecule has 0 heteroatoms. The highest BCUT2D eigenvalue weighted by molar-refractivity contribution is 5.23. The van der Waals surface area contributed by atoms with Crippen molar-refractivity contribution in [2.45, 2.75) is 69.7 Å². The molecule has 0 nitrogen and oxygen atoms in total. The van der Waals surface area contributed by atoms with E-state index in [1.54, 1.807) is 0 Å². The fourth-order valence-corrected chi connectivity index (χ4v) is 1.20. The molecule has 2 aromatic rings. The molecule has 2 aromatic carbocycles. The zero-order chi connectivity index (χ0) is 17.1. The van der Waals surface area contributed by atoms with Crippen molar-refractivity contribution in [3.05, 3.63) is 71.3 Å². The Hall–Kier alpha value is -1.56. The highest BCUT2D eigenvalue weighted by Gasteiger charge is 1.83. The molecular formula is C22H40. The van der Waals surface area contributed by atoms with Crippen molar-refractivity contribution >= 4 is 0 Å². The summed E-state index contributed by atoms with van der Waals surface area (Å²) in [7, 11) is 0. The maximum absolute atomic E-state index is 2.12. The fraction of sp³-hybridized carbons (Fsp3) is 0.455. The van der Waals surface area contributed by atoms with E-state index in [0.29, 0.717) is 0 Å². The van der Waals surface area contributed by atoms with Gasteiger partial charge in [-0.15, -0.1) is 0 Å². The molecule has 0 unspecified atom stereocenters. The van der Waals surface area contributed by atoms with E-state index in [-0.39, 0.29) is 7.43 Å². The Morgan fingerprint density at radius 3 is 0.909 bits per heavy atom. The number of rotatable bonds is 0. The SMILES string of the molecule is C.CC.CC.CC.Cc1ccccc1.Cc1ccccc1C. The molecule has 22 heavy (non-hydrogen) atoms. The van der Waals surface area contributed by atoms with Crippen molar-refractivity contribution in [3.63, 3.8) is 0 Å². The maximum Gasteiger partial charge on any atom is -0.0395 e. The van der Waals surface area contributed by atoms with Crippen molar-refractivity contribution in [2.24, 2.45) is 0 Å². The van der Waals surface area contributed by atoms with Crippen LogP contribution in [0.25, 0.3) is 0 Å². The van der Waals surface area contributed by atoms with E-state index in [1.807, 2.05) is 59.7 Å². The Morgan fingerprint density at radius 1 is 0.455 bits per heavy atom. The number of hydrogen-bond donors (Lipinski definition) is 0. The lowest BCUT2D eigenvalue weighted by atomic mass is 10.1. The van der Waals surface area contributed by atoms with Crippen molar-refractivity contribution < 1.29 is 0 Å². The van der Waals surface area contributed by atoms with E-state index < -0.39 is 0 Å². The van der Waals surface area contributed by atoms with Crippen molar-refractivity contribution in [2.75, 3.05) is 0 Å². The van der Waals surface area contributed by atoms with Gasteiger partial charge in [0.1, 0.15) is 0 Å². The van der Waals surface area contributed by atoms with Gasteiger partial charge in [0.2, 0.25) is 0 Å². The highest BCUT2D eigenvalue weighted by Crippen LogP contribution is 2.02. The smallest absolute Gasteiger partial charge is 0.0395 e. The van der Waals surface area contributed by atoms with Crippen LogP contribution in [0.3, 0.4) is 0 Å². The summed E-state index contributed by atoms with van der Waals surface area (Å²) in [4.78, 5) is 0. The third-order valence-electron chi connectivity index (χ3n) is 2.37. The summed E-state index contributed by atoms with van der Waals surface area (Å²) in [6.07, 6.45) is 0. The summed E-state index contributed by atoms with van der Waals surface area (Å²) in [5.41, 5.74) is 4.06. The first-order valence-corrected chi connectivity index (χ1v) is 8.24. The van der Waals surface area contributed by atoms with Crippen molar-refractivity contribution in [1.82, 2.24) is 0 Å². The second kappa shape index (κ2) is 24.5. The van der Waals surface area contributed by atoms with E-state index >= 15 is 0 Å². The predicted molar refractivity (Wildman–Crippen MR) is 108 cm³/mol. The van der Waals surface area contributed by atoms with Crippen LogP contribution < -0.4 is 0 Å². The molecule has 0 radical (unpaired) electrons. The van der Waals surface area contributed by atoms with E-state index in [0.717, 1.165) is 0 Å². The van der Waals surface area contributed by atoms with Gasteiger partial charge in [-0.2, -0.15) is 0 Å². The average molecular weight is 305 g/mol. The van der Waals surface area contributed by atoms with Gasteiger partial charge >= 0.3 is 0 Å². The molecule has 128 valence electrons. The molecule has 0 bridgehead atoms. The Bertz CT molecular complexity index is 367. The maximum atomic E-state index is 2.12. The van der Waals surface area contributed by atoms with Crippen LogP contribution in [0.4, 0.5) is 0 Å². The molecular weight excluding hydrogens is 264 g/mol. The van der Waals surface area contributed by atoms with Crippen LogP contribution >= 0.6 is 0 Å². The Morgan fingerprint density at radius 2 is 0.727 bits per heavy atom. The molecule has 0 saturated heterocycles. The molecule has 0 aromatic heterocycles. The normalized spacial score (nSPS) is 6.95. The quantitative estimate of drug-likeness (QED) is 0.462. The van der Waals surface area contributed by atoms with E-state index in [9.17, 15) is 0 Å². The van der Waals surface area contributed by atoms with Gasteiger partial charge in [-0.25, -0.2) is 0 Å². The second-order valence-electron chi connectivity index (χ2n) is 3.74. The molecule has 0 spiro atoms. The molecule has 0 aliphatic heterocycles. The third-order valence-corrected chi connectivity index (χ3v) is 2.37. The molecule has 0 aliphatic carbocycles. The van der Waals surface area contributed by atoms with Gasteiger partial charge in [-0.05, 0) is 31.9 Å². The molecule has 0 amide bonds. The summed E-state index contributed by atoms with van der Waals surface area (Å²) >= 11 is 0. The van der Waals surface area contributed by atoms with Crippen LogP contribution in [0.15, 0.2) is 54.6 Å². The standard InChI is InChI=1S/C8H10.C7H8.3C2H6.CH4/c1-7-5-3-4-6-8(7)2;1-7-5-3-2-4-6-7;3*1-2;/h3-6H,1-2H3;2-6H,1H3;3*1-2H3;1H4. The van der Waals surface area contributed by atoms with Crippen LogP contribution in [-0.2, 0) is 0 Å². The highest BCUT2D eigenvalue weighted by atomic mass is 13.9. The lowest BCUT2D eigenvalue weighted by Crippen LogP contribution is -1.74. The number of benzene rings is 2. The third kappa shape index (κ3) is 18.4. The van der Waals surface area contributed by atoms with Gasteiger partial charge in [0.25, 0.3) is 0 Å². The summed E-state index contributed by atoms with van der Waals surface area (Å²) in [5.74, 6) is 0. The monoisotopic (exact) mass is 304 g/mol. The first-order chi connectivity index (χ1) is 10.2. The molecule has 0 N–H and O–H groups in total. The predicted octanol–water partition coefficient (Wildman–Crippen LogP) is 8.01. The molecule has 0 heterocycles. The first-order valence-electron chi connectivity index (χ1n) is 8.24. The Kier molecular flexibility index (Phi) is 31.8. The lowest BCUT2D eigenvalue weighted by molar-refractivity contribution is 1.34. The van der Waals surface area contributed by atoms with Crippen LogP contribution in [0.2, 0.25) is 0 Å². The number of aryl methyl sites for hydroxylation is 3. The average Bonchev–Trinajstić information content (AvgIpc) is 2.57. The van der Waals surface area contributed by atoms with Crippen LogP contribution in [0, 0.1) is 20.8 Å². The van der Waals surface area contributed by atoms with Crippen molar-refractivity contribution in [1.29, 1.82) is 0 Å². The van der Waals surface area contributed by atoms with Gasteiger partial charge in [-0.3, -0.25) is 0 Å². The van der Waals surface area contributed by atoms with Gasteiger partial charge in [0, 0.05) is 0 Å². The summed E-state index contributed by atoms with van der Waals surface area (Å²) in [5, 5.41) is 0. The summed E-state index contributed by atoms with van der Waals surface area (Å²) in [6.45, 7) is 18.3. The molecule has 0 aliphatic rings. The summed E-state index contributed by atoms with van der Waals surface area (Å²) < 4.78 is 0. The van der Waals surface area contributed by atoms with Gasteiger partial charge in [-0.1, -0.05) is 109 Å². The Labute approximate surface area is 141 Å². The van der Waals surface area contributed by atoms with Crippen molar-refractivity contribution in [3.8, 4) is 0 Å². The second-order valence-corrected chi connectivity index (χ2v) is 3.74. The van der Waals surface area contributed by atoms with Gasteiger partial charge in [0.15, 0.2) is 0 Å². The molecule has 2 rings (SSSR count). The van der Waals surface area contributed by atoms with Crippen LogP contribution in [0.5, 0.6) is 0 Å². The zero-order valence-corrected chi connectivity index (χ0v) is 15.7. The molecule has 0 fully saturated rings. The van der Waals surface area contributed by atoms with E-state index in [4.69, 9.17) is 0 Å². The number of hydrogen-bond acceptors (Lipinski definition) is 0. The largest absolute Gasteiger partial charge is 0.0776 e. The minimum atomic E-state index is 0. The molecule has 0 saturated carbocycles. The van der Waals surface area contributed by atoms with E-state index in [2.05, 4.69) is 57.2 Å². The summed E-state index contributed by atoms with van der Waals surface area (Å²) in [6, 6.07) is 18.6. The minimum absolute atomic E-state index is 0. The van der Waals surface area contributed by atoms with Crippen LogP contribution in [0.1, 0.15) is 65.7 Å². The van der Waals surface area contributed by atoms with Gasteiger partial charge < -0.3 is 0 Å². The first kappa shape index (κ1) is 28.6. The van der Waals surface area contributed by atoms with E-state index in [1.165, 1.54) is 16.7 Å². The van der Waals surface area contributed by atoms with Crippen LogP contribution in [-0.4, -0.2) is 0 Å². The Balaban J connectivity index is -0.000000107. The lowest BCUT2D eigenvalue weighted by Gasteiger charge is -1.93. The minimum Gasteiger partial charge on any atom is -0.0776 e. The fourth-order valence-electron chi connectivity index (χ4n) is 1.20. The zero-order valence-electron chi connectivity index (χ0n) is 15.7.